The van der Waals surface area contributed by atoms with E-state index in [9.17, 15) is 0 Å². The van der Waals surface area contributed by atoms with Crippen LogP contribution in [0.3, 0.4) is 0 Å². The first-order chi connectivity index (χ1) is 6.45. The van der Waals surface area contributed by atoms with E-state index in [1.54, 1.807) is 0 Å². The first-order valence-corrected chi connectivity index (χ1v) is 8.31. The Hall–Kier alpha value is -0.0831. The zero-order valence-corrected chi connectivity index (χ0v) is 11.8. The monoisotopic (exact) mass is 213 g/mol. The van der Waals surface area contributed by atoms with E-state index in [-0.39, 0.29) is 0 Å². The molecule has 1 nitrogen and oxygen atoms in total. The maximum Gasteiger partial charge on any atom is 0.152 e. The molecule has 0 aromatic heterocycles. The van der Waals surface area contributed by atoms with Crippen LogP contribution in [0.25, 0.3) is 0 Å². The van der Waals surface area contributed by atoms with Crippen LogP contribution in [-0.2, 0) is 0 Å². The van der Waals surface area contributed by atoms with Gasteiger partial charge in [-0.1, -0.05) is 47.2 Å². The highest BCUT2D eigenvalue weighted by atomic mass is 28.3. The molecule has 0 rings (SSSR count). The van der Waals surface area contributed by atoms with Gasteiger partial charge in [0.15, 0.2) is 8.24 Å². The van der Waals surface area contributed by atoms with E-state index in [4.69, 9.17) is 0 Å². The molecule has 0 amide bonds. The van der Waals surface area contributed by atoms with Crippen molar-refractivity contribution < 1.29 is 0 Å². The fourth-order valence-electron chi connectivity index (χ4n) is 2.63. The molecule has 0 aliphatic heterocycles. The fraction of sp³-hybridized carbons (Fsp3) is 0.833. The summed E-state index contributed by atoms with van der Waals surface area (Å²) >= 11 is 0. The van der Waals surface area contributed by atoms with Crippen LogP contribution in [0, 0.1) is 0 Å². The van der Waals surface area contributed by atoms with E-state index < -0.39 is 8.24 Å². The Morgan fingerprint density at radius 1 is 1.07 bits per heavy atom. The van der Waals surface area contributed by atoms with Gasteiger partial charge in [0.05, 0.1) is 0 Å². The van der Waals surface area contributed by atoms with Crippen LogP contribution in [-0.4, -0.2) is 24.9 Å². The Morgan fingerprint density at radius 2 is 1.43 bits per heavy atom. The molecule has 0 saturated carbocycles. The average molecular weight is 213 g/mol. The van der Waals surface area contributed by atoms with E-state index >= 15 is 0 Å². The first-order valence-electron chi connectivity index (χ1n) is 5.87. The van der Waals surface area contributed by atoms with Crippen molar-refractivity contribution in [2.24, 2.45) is 0 Å². The predicted molar refractivity (Wildman–Crippen MR) is 69.0 cm³/mol. The van der Waals surface area contributed by atoms with Crippen molar-refractivity contribution in [1.29, 1.82) is 0 Å². The van der Waals surface area contributed by atoms with Crippen molar-refractivity contribution in [3.05, 3.63) is 12.3 Å². The minimum Gasteiger partial charge on any atom is -0.316 e. The topological polar surface area (TPSA) is 3.24 Å². The summed E-state index contributed by atoms with van der Waals surface area (Å²) < 4.78 is 2.71. The zero-order chi connectivity index (χ0) is 11.4. The molecule has 0 aromatic carbocycles. The Balaban J connectivity index is 5.00. The smallest absolute Gasteiger partial charge is 0.152 e. The minimum absolute atomic E-state index is 0.638. The van der Waals surface area contributed by atoms with Crippen LogP contribution in [0.1, 0.15) is 41.5 Å². The fourth-order valence-corrected chi connectivity index (χ4v) is 6.71. The molecule has 0 radical (unpaired) electrons. The van der Waals surface area contributed by atoms with Gasteiger partial charge in [-0.2, -0.15) is 0 Å². The molecule has 2 heteroatoms. The highest BCUT2D eigenvalue weighted by Gasteiger charge is 2.36. The van der Waals surface area contributed by atoms with Crippen LogP contribution in [0.2, 0.25) is 12.1 Å². The summed E-state index contributed by atoms with van der Waals surface area (Å²) in [5.41, 5.74) is 2.27. The highest BCUT2D eigenvalue weighted by molar-refractivity contribution is 6.81. The van der Waals surface area contributed by atoms with Gasteiger partial charge in [0, 0.05) is 0 Å². The summed E-state index contributed by atoms with van der Waals surface area (Å²) in [7, 11) is -1.38. The van der Waals surface area contributed by atoms with E-state index in [0.717, 1.165) is 0 Å². The van der Waals surface area contributed by atoms with E-state index in [1.165, 1.54) is 12.1 Å². The molecular weight excluding hydrogens is 186 g/mol. The predicted octanol–water partition coefficient (Wildman–Crippen LogP) is 3.82. The van der Waals surface area contributed by atoms with Gasteiger partial charge < -0.3 is 4.57 Å². The molecule has 0 atom stereocenters. The van der Waals surface area contributed by atoms with Gasteiger partial charge in [-0.15, -0.1) is 6.58 Å². The third-order valence-corrected chi connectivity index (χ3v) is 8.50. The summed E-state index contributed by atoms with van der Waals surface area (Å²) in [6, 6.07) is 3.84. The first kappa shape index (κ1) is 13.9. The van der Waals surface area contributed by atoms with Crippen LogP contribution < -0.4 is 0 Å². The molecule has 84 valence electrons. The molecule has 0 aromatic rings. The summed E-state index contributed by atoms with van der Waals surface area (Å²) in [5.74, 6) is 0. The van der Waals surface area contributed by atoms with Crippen LogP contribution in [0.15, 0.2) is 12.3 Å². The maximum absolute atomic E-state index is 4.08. The molecule has 0 heterocycles. The van der Waals surface area contributed by atoms with E-state index in [0.29, 0.717) is 12.1 Å². The lowest BCUT2D eigenvalue weighted by Crippen LogP contribution is -2.57. The van der Waals surface area contributed by atoms with Crippen molar-refractivity contribution in [2.75, 3.05) is 0 Å². The lowest BCUT2D eigenvalue weighted by atomic mass is 10.3. The molecule has 0 spiro atoms. The molecule has 0 unspecified atom stereocenters. The second kappa shape index (κ2) is 5.71. The normalized spacial score (nSPS) is 12.9. The van der Waals surface area contributed by atoms with Gasteiger partial charge in [-0.05, 0) is 24.2 Å². The van der Waals surface area contributed by atoms with Crippen LogP contribution >= 0.6 is 0 Å². The number of hydrogen-bond donors (Lipinski definition) is 0. The minimum atomic E-state index is -1.38. The Labute approximate surface area is 91.3 Å². The summed E-state index contributed by atoms with van der Waals surface area (Å²) in [6.07, 6.45) is 0. The standard InChI is InChI=1S/C12H27NSi/c1-8-14(9-2,10-3)13(11(4)5)12(6)7/h8,11-12H,1,9-10H2,2-7H3. The van der Waals surface area contributed by atoms with Gasteiger partial charge >= 0.3 is 0 Å². The Morgan fingerprint density at radius 3 is 1.50 bits per heavy atom. The number of hydrogen-bond acceptors (Lipinski definition) is 1. The van der Waals surface area contributed by atoms with E-state index in [1.807, 2.05) is 0 Å². The summed E-state index contributed by atoms with van der Waals surface area (Å²) in [5, 5.41) is 0. The summed E-state index contributed by atoms with van der Waals surface area (Å²) in [6.45, 7) is 17.9. The molecule has 0 fully saturated rings. The highest BCUT2D eigenvalue weighted by Crippen LogP contribution is 2.26. The second-order valence-corrected chi connectivity index (χ2v) is 9.16. The van der Waals surface area contributed by atoms with Gasteiger partial charge in [0.2, 0.25) is 0 Å². The van der Waals surface area contributed by atoms with Crippen LogP contribution in [0.4, 0.5) is 0 Å². The number of nitrogens with zero attached hydrogens (tertiary/aromatic N) is 1. The van der Waals surface area contributed by atoms with Gasteiger partial charge in [-0.3, -0.25) is 0 Å². The summed E-state index contributed by atoms with van der Waals surface area (Å²) in [4.78, 5) is 0. The van der Waals surface area contributed by atoms with Gasteiger partial charge in [0.25, 0.3) is 0 Å². The van der Waals surface area contributed by atoms with Gasteiger partial charge in [-0.25, -0.2) is 0 Å². The molecule has 0 aliphatic carbocycles. The lowest BCUT2D eigenvalue weighted by Gasteiger charge is -2.45. The van der Waals surface area contributed by atoms with Crippen molar-refractivity contribution in [1.82, 2.24) is 4.57 Å². The molecule has 0 saturated heterocycles. The second-order valence-electron chi connectivity index (χ2n) is 4.61. The Bertz CT molecular complexity index is 163. The molecule has 0 aliphatic rings. The van der Waals surface area contributed by atoms with Crippen molar-refractivity contribution >= 4 is 8.24 Å². The maximum atomic E-state index is 4.08. The zero-order valence-electron chi connectivity index (χ0n) is 10.8. The molecule has 0 N–H and O–H groups in total. The number of rotatable bonds is 6. The third-order valence-electron chi connectivity index (χ3n) is 3.23. The lowest BCUT2D eigenvalue weighted by molar-refractivity contribution is 0.294. The quantitative estimate of drug-likeness (QED) is 0.606. The van der Waals surface area contributed by atoms with Crippen molar-refractivity contribution in [3.8, 4) is 0 Å². The average Bonchev–Trinajstić information content (AvgIpc) is 2.12. The van der Waals surface area contributed by atoms with Crippen molar-refractivity contribution in [3.63, 3.8) is 0 Å². The molecular formula is C12H27NSi. The van der Waals surface area contributed by atoms with Crippen molar-refractivity contribution in [2.45, 2.75) is 65.7 Å². The van der Waals surface area contributed by atoms with Crippen LogP contribution in [0.5, 0.6) is 0 Å². The van der Waals surface area contributed by atoms with Gasteiger partial charge in [0.1, 0.15) is 0 Å². The SMILES string of the molecule is C=C[Si](CC)(CC)N(C(C)C)C(C)C. The Kier molecular flexibility index (Phi) is 5.68. The third kappa shape index (κ3) is 2.70. The van der Waals surface area contributed by atoms with E-state index in [2.05, 4.69) is 58.4 Å². The molecule has 14 heavy (non-hydrogen) atoms. The largest absolute Gasteiger partial charge is 0.316 e. The molecule has 0 bridgehead atoms.